The van der Waals surface area contributed by atoms with Crippen molar-refractivity contribution in [2.75, 3.05) is 0 Å². The first-order valence-electron chi connectivity index (χ1n) is 5.02. The molecule has 0 saturated carbocycles. The molecule has 0 amide bonds. The summed E-state index contributed by atoms with van der Waals surface area (Å²) in [5.74, 6) is 0. The van der Waals surface area contributed by atoms with Crippen LogP contribution in [0.25, 0.3) is 10.2 Å². The molecule has 2 aromatic rings. The van der Waals surface area contributed by atoms with Crippen molar-refractivity contribution in [2.45, 2.75) is 34.6 Å². The van der Waals surface area contributed by atoms with Gasteiger partial charge in [-0.1, -0.05) is 19.9 Å². The Morgan fingerprint density at radius 1 is 1.07 bits per heavy atom. The average molecular weight is 207 g/mol. The summed E-state index contributed by atoms with van der Waals surface area (Å²) in [6, 6.07) is 4.23. The molecule has 0 fully saturated rings. The number of nitrogens with zero attached hydrogens (tertiary/aromatic N) is 1. The third kappa shape index (κ3) is 1.95. The maximum atomic E-state index is 4.43. The molecular weight excluding hydrogens is 190 g/mol. The molecule has 0 atom stereocenters. The Kier molecular flexibility index (Phi) is 3.64. The first-order chi connectivity index (χ1) is 6.68. The van der Waals surface area contributed by atoms with Crippen LogP contribution in [-0.4, -0.2) is 4.98 Å². The van der Waals surface area contributed by atoms with Gasteiger partial charge in [0.25, 0.3) is 0 Å². The summed E-state index contributed by atoms with van der Waals surface area (Å²) in [6.45, 7) is 10.4. The molecule has 0 bridgehead atoms. The van der Waals surface area contributed by atoms with Crippen LogP contribution in [0.5, 0.6) is 0 Å². The molecule has 1 aromatic carbocycles. The van der Waals surface area contributed by atoms with Gasteiger partial charge >= 0.3 is 0 Å². The van der Waals surface area contributed by atoms with Crippen LogP contribution in [0.2, 0.25) is 0 Å². The molecule has 0 unspecified atom stereocenters. The minimum absolute atomic E-state index is 1.14. The first-order valence-corrected chi connectivity index (χ1v) is 5.83. The Morgan fingerprint density at radius 2 is 1.71 bits per heavy atom. The molecule has 0 aliphatic heterocycles. The van der Waals surface area contributed by atoms with Gasteiger partial charge < -0.3 is 0 Å². The molecule has 1 nitrogen and oxygen atoms in total. The van der Waals surface area contributed by atoms with Crippen molar-refractivity contribution in [3.8, 4) is 0 Å². The number of rotatable bonds is 0. The summed E-state index contributed by atoms with van der Waals surface area (Å²) in [6.07, 6.45) is 0. The van der Waals surface area contributed by atoms with Crippen molar-refractivity contribution < 1.29 is 0 Å². The number of thiazole rings is 1. The minimum Gasteiger partial charge on any atom is -0.242 e. The molecular formula is C12H17NS. The van der Waals surface area contributed by atoms with Crippen LogP contribution >= 0.6 is 11.3 Å². The zero-order chi connectivity index (χ0) is 10.7. The predicted molar refractivity (Wildman–Crippen MR) is 65.2 cm³/mol. The number of fused-ring (bicyclic) bond motifs is 1. The SMILES string of the molecule is CC.Cc1nc2ccc(C)c(C)c2s1. The van der Waals surface area contributed by atoms with E-state index in [0.717, 1.165) is 10.5 Å². The highest BCUT2D eigenvalue weighted by molar-refractivity contribution is 7.18. The van der Waals surface area contributed by atoms with Gasteiger partial charge in [-0.3, -0.25) is 0 Å². The summed E-state index contributed by atoms with van der Waals surface area (Å²) in [4.78, 5) is 4.43. The average Bonchev–Trinajstić information content (AvgIpc) is 2.57. The Labute approximate surface area is 89.8 Å². The fraction of sp³-hybridized carbons (Fsp3) is 0.417. The van der Waals surface area contributed by atoms with Crippen LogP contribution in [0.4, 0.5) is 0 Å². The van der Waals surface area contributed by atoms with Crippen LogP contribution in [0.1, 0.15) is 30.0 Å². The Balaban J connectivity index is 0.000000461. The Hall–Kier alpha value is -0.890. The summed E-state index contributed by atoms with van der Waals surface area (Å²) < 4.78 is 1.34. The van der Waals surface area contributed by atoms with Crippen LogP contribution in [0.15, 0.2) is 12.1 Å². The summed E-state index contributed by atoms with van der Waals surface area (Å²) >= 11 is 1.78. The van der Waals surface area contributed by atoms with Crippen LogP contribution in [0, 0.1) is 20.8 Å². The number of hydrogen-bond acceptors (Lipinski definition) is 2. The molecule has 2 heteroatoms. The molecule has 0 aliphatic rings. The maximum Gasteiger partial charge on any atom is 0.0907 e. The number of aryl methyl sites for hydroxylation is 3. The molecule has 14 heavy (non-hydrogen) atoms. The minimum atomic E-state index is 1.14. The zero-order valence-electron chi connectivity index (χ0n) is 9.51. The third-order valence-electron chi connectivity index (χ3n) is 2.18. The highest BCUT2D eigenvalue weighted by atomic mass is 32.1. The van der Waals surface area contributed by atoms with Gasteiger partial charge in [-0.05, 0) is 38.0 Å². The van der Waals surface area contributed by atoms with Gasteiger partial charge in [-0.15, -0.1) is 11.3 Å². The van der Waals surface area contributed by atoms with Crippen molar-refractivity contribution in [1.82, 2.24) is 4.98 Å². The van der Waals surface area contributed by atoms with E-state index in [1.54, 1.807) is 11.3 Å². The molecule has 0 aliphatic carbocycles. The molecule has 2 rings (SSSR count). The smallest absolute Gasteiger partial charge is 0.0907 e. The number of hydrogen-bond donors (Lipinski definition) is 0. The van der Waals surface area contributed by atoms with E-state index in [1.165, 1.54) is 15.8 Å². The molecule has 0 radical (unpaired) electrons. The van der Waals surface area contributed by atoms with Crippen molar-refractivity contribution in [3.63, 3.8) is 0 Å². The molecule has 1 heterocycles. The second-order valence-electron chi connectivity index (χ2n) is 3.09. The lowest BCUT2D eigenvalue weighted by atomic mass is 10.1. The first kappa shape index (κ1) is 11.2. The normalized spacial score (nSPS) is 9.79. The van der Waals surface area contributed by atoms with Gasteiger partial charge in [-0.2, -0.15) is 0 Å². The van der Waals surface area contributed by atoms with Crippen molar-refractivity contribution in [3.05, 3.63) is 28.3 Å². The lowest BCUT2D eigenvalue weighted by Crippen LogP contribution is -1.79. The van der Waals surface area contributed by atoms with E-state index in [-0.39, 0.29) is 0 Å². The van der Waals surface area contributed by atoms with E-state index in [4.69, 9.17) is 0 Å². The van der Waals surface area contributed by atoms with Gasteiger partial charge in [0.1, 0.15) is 0 Å². The second-order valence-corrected chi connectivity index (χ2v) is 4.29. The highest BCUT2D eigenvalue weighted by Gasteiger charge is 2.03. The zero-order valence-corrected chi connectivity index (χ0v) is 10.3. The fourth-order valence-electron chi connectivity index (χ4n) is 1.33. The van der Waals surface area contributed by atoms with Crippen LogP contribution < -0.4 is 0 Å². The third-order valence-corrected chi connectivity index (χ3v) is 3.29. The Morgan fingerprint density at radius 3 is 2.36 bits per heavy atom. The lowest BCUT2D eigenvalue weighted by molar-refractivity contribution is 1.33. The van der Waals surface area contributed by atoms with Crippen LogP contribution in [-0.2, 0) is 0 Å². The van der Waals surface area contributed by atoms with Crippen LogP contribution in [0.3, 0.4) is 0 Å². The molecule has 0 saturated heterocycles. The summed E-state index contributed by atoms with van der Waals surface area (Å²) in [7, 11) is 0. The van der Waals surface area contributed by atoms with Gasteiger partial charge in [0.15, 0.2) is 0 Å². The molecule has 1 aromatic heterocycles. The number of benzene rings is 1. The second kappa shape index (κ2) is 4.56. The summed E-state index contributed by atoms with van der Waals surface area (Å²) in [5, 5.41) is 1.15. The van der Waals surface area contributed by atoms with E-state index in [2.05, 4.69) is 37.9 Å². The van der Waals surface area contributed by atoms with E-state index in [1.807, 2.05) is 13.8 Å². The topological polar surface area (TPSA) is 12.9 Å². The Bertz CT molecular complexity index is 429. The van der Waals surface area contributed by atoms with Gasteiger partial charge in [0.2, 0.25) is 0 Å². The maximum absolute atomic E-state index is 4.43. The van der Waals surface area contributed by atoms with Gasteiger partial charge in [0.05, 0.1) is 15.2 Å². The predicted octanol–water partition coefficient (Wildman–Crippen LogP) is 4.25. The van der Waals surface area contributed by atoms with E-state index >= 15 is 0 Å². The number of aromatic nitrogens is 1. The van der Waals surface area contributed by atoms with Crippen molar-refractivity contribution >= 4 is 21.6 Å². The summed E-state index contributed by atoms with van der Waals surface area (Å²) in [5.41, 5.74) is 3.87. The van der Waals surface area contributed by atoms with E-state index < -0.39 is 0 Å². The molecule has 76 valence electrons. The largest absolute Gasteiger partial charge is 0.242 e. The van der Waals surface area contributed by atoms with E-state index in [9.17, 15) is 0 Å². The monoisotopic (exact) mass is 207 g/mol. The van der Waals surface area contributed by atoms with E-state index in [0.29, 0.717) is 0 Å². The molecule has 0 spiro atoms. The quantitative estimate of drug-likeness (QED) is 0.629. The highest BCUT2D eigenvalue weighted by Crippen LogP contribution is 2.26. The van der Waals surface area contributed by atoms with Crippen molar-refractivity contribution in [2.24, 2.45) is 0 Å². The van der Waals surface area contributed by atoms with Gasteiger partial charge in [0, 0.05) is 0 Å². The van der Waals surface area contributed by atoms with Gasteiger partial charge in [-0.25, -0.2) is 4.98 Å². The molecule has 0 N–H and O–H groups in total. The van der Waals surface area contributed by atoms with Crippen molar-refractivity contribution in [1.29, 1.82) is 0 Å². The fourth-order valence-corrected chi connectivity index (χ4v) is 2.30. The standard InChI is InChI=1S/C10H11NS.C2H6/c1-6-4-5-9-10(7(6)2)12-8(3)11-9;1-2/h4-5H,1-3H3;1-2H3. The lowest BCUT2D eigenvalue weighted by Gasteiger charge is -1.98.